The summed E-state index contributed by atoms with van der Waals surface area (Å²) in [5.74, 6) is -1.03. The summed E-state index contributed by atoms with van der Waals surface area (Å²) in [4.78, 5) is 23.8. The number of hydrogen-bond donors (Lipinski definition) is 1. The van der Waals surface area contributed by atoms with Crippen LogP contribution in [0.2, 0.25) is 18.1 Å². The summed E-state index contributed by atoms with van der Waals surface area (Å²) in [6.45, 7) is 17.1. The highest BCUT2D eigenvalue weighted by Crippen LogP contribution is 2.43. The summed E-state index contributed by atoms with van der Waals surface area (Å²) in [6.07, 6.45) is -1.22. The minimum atomic E-state index is -2.31. The Morgan fingerprint density at radius 2 is 1.21 bits per heavy atom. The molecule has 1 amide bonds. The first-order chi connectivity index (χ1) is 20.2. The van der Waals surface area contributed by atoms with Crippen LogP contribution >= 0.6 is 0 Å². The van der Waals surface area contributed by atoms with Crippen LogP contribution in [0.4, 0.5) is 4.79 Å². The number of primary amides is 1. The Hall–Kier alpha value is -3.26. The molecule has 232 valence electrons. The van der Waals surface area contributed by atoms with Crippen LogP contribution in [-0.4, -0.2) is 39.5 Å². The summed E-state index contributed by atoms with van der Waals surface area (Å²) < 4.78 is 19.8. The Morgan fingerprint density at radius 3 is 1.56 bits per heavy atom. The molecule has 3 aromatic carbocycles. The van der Waals surface area contributed by atoms with Crippen LogP contribution in [0, 0.1) is 17.8 Å². The molecule has 0 unspecified atom stereocenters. The van der Waals surface area contributed by atoms with Gasteiger partial charge in [0.2, 0.25) is 0 Å². The molecule has 6 nitrogen and oxygen atoms in total. The average Bonchev–Trinajstić information content (AvgIpc) is 2.99. The highest BCUT2D eigenvalue weighted by molar-refractivity contribution is 6.74. The van der Waals surface area contributed by atoms with Crippen molar-refractivity contribution in [2.45, 2.75) is 77.5 Å². The van der Waals surface area contributed by atoms with Crippen LogP contribution in [0.15, 0.2) is 91.0 Å². The molecule has 2 N–H and O–H groups in total. The maximum Gasteiger partial charge on any atom is 0.404 e. The summed E-state index contributed by atoms with van der Waals surface area (Å²) in [7, 11) is -2.31. The van der Waals surface area contributed by atoms with Gasteiger partial charge >= 0.3 is 6.09 Å². The maximum absolute atomic E-state index is 11.9. The monoisotopic (exact) mass is 603 g/mol. The number of ether oxygens (including phenoxy) is 2. The quantitative estimate of drug-likeness (QED) is 0.115. The van der Waals surface area contributed by atoms with E-state index in [0.29, 0.717) is 6.61 Å². The standard InChI is InChI=1S/C36H49NO5Si/c1-26(24-38)32(41-34(37)39)28(3)33(42-43(7,8)35(4,5)6)27(2)25-40-36(29-18-12-9-13-19-29,30-20-14-10-15-21-30)31-22-16-11-17-23-31/h9-24,26-28,32-33H,25H2,1-8H3,(H2,37,39)/t26-,27-,28+,32-,33+/m0/s1. The Morgan fingerprint density at radius 1 is 0.791 bits per heavy atom. The van der Waals surface area contributed by atoms with Crippen molar-refractivity contribution in [2.24, 2.45) is 23.5 Å². The van der Waals surface area contributed by atoms with Gasteiger partial charge in [-0.2, -0.15) is 0 Å². The molecule has 0 saturated heterocycles. The van der Waals surface area contributed by atoms with E-state index in [1.165, 1.54) is 0 Å². The van der Waals surface area contributed by atoms with E-state index in [1.807, 2.05) is 61.5 Å². The number of aldehydes is 1. The number of nitrogens with two attached hydrogens (primary N) is 1. The number of hydrogen-bond acceptors (Lipinski definition) is 5. The lowest BCUT2D eigenvalue weighted by molar-refractivity contribution is -0.117. The second-order valence-corrected chi connectivity index (χ2v) is 17.9. The average molecular weight is 604 g/mol. The number of carbonyl (C=O) groups excluding carboxylic acids is 2. The predicted molar refractivity (Wildman–Crippen MR) is 175 cm³/mol. The van der Waals surface area contributed by atoms with E-state index in [2.05, 4.69) is 77.2 Å². The second kappa shape index (κ2) is 14.5. The molecule has 3 rings (SSSR count). The highest BCUT2D eigenvalue weighted by Gasteiger charge is 2.45. The first-order valence-electron chi connectivity index (χ1n) is 15.1. The van der Waals surface area contributed by atoms with Crippen molar-refractivity contribution < 1.29 is 23.5 Å². The first kappa shape index (κ1) is 34.2. The van der Waals surface area contributed by atoms with Gasteiger partial charge < -0.3 is 24.4 Å². The summed E-state index contributed by atoms with van der Waals surface area (Å²) in [5.41, 5.74) is 7.62. The van der Waals surface area contributed by atoms with Gasteiger partial charge in [-0.1, -0.05) is 133 Å². The fraction of sp³-hybridized carbons (Fsp3) is 0.444. The third kappa shape index (κ3) is 8.02. The Bertz CT molecular complexity index is 1200. The number of benzene rings is 3. The van der Waals surface area contributed by atoms with Crippen molar-refractivity contribution in [3.63, 3.8) is 0 Å². The smallest absolute Gasteiger partial charge is 0.404 e. The van der Waals surface area contributed by atoms with Crippen molar-refractivity contribution in [3.8, 4) is 0 Å². The van der Waals surface area contributed by atoms with Crippen molar-refractivity contribution in [3.05, 3.63) is 108 Å². The van der Waals surface area contributed by atoms with Gasteiger partial charge in [0.1, 0.15) is 18.0 Å². The SMILES string of the molecule is C[C@H]([C@@H](OC(N)=O)[C@@H](C)C=O)[C@H](O[Si](C)(C)C(C)(C)C)[C@@H](C)COC(c1ccccc1)(c1ccccc1)c1ccccc1. The zero-order chi connectivity index (χ0) is 31.8. The van der Waals surface area contributed by atoms with E-state index >= 15 is 0 Å². The van der Waals surface area contributed by atoms with Gasteiger partial charge in [-0.25, -0.2) is 4.79 Å². The van der Waals surface area contributed by atoms with E-state index in [4.69, 9.17) is 19.6 Å². The van der Waals surface area contributed by atoms with Crippen molar-refractivity contribution >= 4 is 20.7 Å². The van der Waals surface area contributed by atoms with Crippen molar-refractivity contribution in [2.75, 3.05) is 6.61 Å². The van der Waals surface area contributed by atoms with Gasteiger partial charge in [0, 0.05) is 17.8 Å². The topological polar surface area (TPSA) is 87.9 Å². The van der Waals surface area contributed by atoms with Gasteiger partial charge in [-0.15, -0.1) is 0 Å². The molecule has 0 aromatic heterocycles. The molecule has 3 aromatic rings. The number of rotatable bonds is 14. The van der Waals surface area contributed by atoms with E-state index in [9.17, 15) is 9.59 Å². The molecular weight excluding hydrogens is 554 g/mol. The molecule has 0 aliphatic heterocycles. The molecular formula is C36H49NO5Si. The molecule has 0 heterocycles. The lowest BCUT2D eigenvalue weighted by Gasteiger charge is -2.45. The van der Waals surface area contributed by atoms with Gasteiger partial charge in [0.25, 0.3) is 0 Å². The normalized spacial score (nSPS) is 16.0. The minimum absolute atomic E-state index is 0.0657. The van der Waals surface area contributed by atoms with E-state index < -0.39 is 32.0 Å². The molecule has 0 radical (unpaired) electrons. The van der Waals surface area contributed by atoms with Crippen molar-refractivity contribution in [1.29, 1.82) is 0 Å². The predicted octanol–water partition coefficient (Wildman–Crippen LogP) is 7.96. The third-order valence-electron chi connectivity index (χ3n) is 8.92. The van der Waals surface area contributed by atoms with Crippen LogP contribution in [-0.2, 0) is 24.3 Å². The molecule has 5 atom stereocenters. The molecule has 0 spiro atoms. The molecule has 0 aliphatic carbocycles. The lowest BCUT2D eigenvalue weighted by Crippen LogP contribution is -2.52. The Kier molecular flexibility index (Phi) is 11.5. The number of amides is 1. The van der Waals surface area contributed by atoms with E-state index in [-0.39, 0.29) is 23.0 Å². The molecule has 0 aliphatic rings. The molecule has 0 saturated carbocycles. The van der Waals surface area contributed by atoms with Crippen LogP contribution < -0.4 is 5.73 Å². The number of carbonyl (C=O) groups is 2. The van der Waals surface area contributed by atoms with Crippen LogP contribution in [0.25, 0.3) is 0 Å². The largest absolute Gasteiger partial charge is 0.445 e. The highest BCUT2D eigenvalue weighted by atomic mass is 28.4. The maximum atomic E-state index is 11.9. The van der Waals surface area contributed by atoms with Crippen molar-refractivity contribution in [1.82, 2.24) is 0 Å². The van der Waals surface area contributed by atoms with Gasteiger partial charge in [-0.05, 0) is 34.8 Å². The Labute approximate surface area is 259 Å². The van der Waals surface area contributed by atoms with Gasteiger partial charge in [-0.3, -0.25) is 0 Å². The fourth-order valence-electron chi connectivity index (χ4n) is 5.47. The van der Waals surface area contributed by atoms with Gasteiger partial charge in [0.05, 0.1) is 12.7 Å². The Balaban J connectivity index is 2.11. The van der Waals surface area contributed by atoms with E-state index in [0.717, 1.165) is 23.0 Å². The summed E-state index contributed by atoms with van der Waals surface area (Å²) >= 11 is 0. The van der Waals surface area contributed by atoms with Crippen LogP contribution in [0.5, 0.6) is 0 Å². The molecule has 43 heavy (non-hydrogen) atoms. The minimum Gasteiger partial charge on any atom is -0.445 e. The molecule has 7 heteroatoms. The van der Waals surface area contributed by atoms with Crippen LogP contribution in [0.3, 0.4) is 0 Å². The third-order valence-corrected chi connectivity index (χ3v) is 13.4. The zero-order valence-electron chi connectivity index (χ0n) is 27.0. The first-order valence-corrected chi connectivity index (χ1v) is 18.0. The second-order valence-electron chi connectivity index (χ2n) is 13.2. The van der Waals surface area contributed by atoms with Crippen LogP contribution in [0.1, 0.15) is 58.2 Å². The summed E-state index contributed by atoms with van der Waals surface area (Å²) in [5, 5.41) is -0.0657. The molecule has 0 bridgehead atoms. The molecule has 0 fully saturated rings. The van der Waals surface area contributed by atoms with E-state index in [1.54, 1.807) is 6.92 Å². The summed E-state index contributed by atoms with van der Waals surface area (Å²) in [6, 6.07) is 30.8. The fourth-order valence-corrected chi connectivity index (χ4v) is 6.95. The van der Waals surface area contributed by atoms with Gasteiger partial charge in [0.15, 0.2) is 8.32 Å². The lowest BCUT2D eigenvalue weighted by atomic mass is 9.79. The zero-order valence-corrected chi connectivity index (χ0v) is 28.0.